The maximum Gasteiger partial charge on any atom is 0.243 e. The topological polar surface area (TPSA) is 168 Å². The SMILES string of the molecule is CC(=O)N[C@@H](Cc1ccccc1)C(=O)N[C@@H](Cc1cc(C#CCCCC#N)c2oc(CCCC#N)cc2c1)C(=O)NCCO. The van der Waals surface area contributed by atoms with E-state index < -0.39 is 23.9 Å². The van der Waals surface area contributed by atoms with E-state index in [1.54, 1.807) is 0 Å². The number of carbonyl (C=O) groups is 3. The number of unbranched alkanes of at least 4 members (excludes halogenated alkanes) is 3. The van der Waals surface area contributed by atoms with Gasteiger partial charge in [-0.1, -0.05) is 42.2 Å². The third-order valence-corrected chi connectivity index (χ3v) is 6.71. The number of nitrogens with zero attached hydrogens (tertiary/aromatic N) is 2. The highest BCUT2D eigenvalue weighted by Crippen LogP contribution is 2.26. The molecule has 0 aliphatic carbocycles. The van der Waals surface area contributed by atoms with E-state index in [1.165, 1.54) is 6.92 Å². The molecule has 0 spiro atoms. The van der Waals surface area contributed by atoms with Gasteiger partial charge in [0.2, 0.25) is 17.7 Å². The number of furan rings is 1. The van der Waals surface area contributed by atoms with Crippen LogP contribution < -0.4 is 16.0 Å². The number of rotatable bonds is 15. The summed E-state index contributed by atoms with van der Waals surface area (Å²) < 4.78 is 6.09. The minimum Gasteiger partial charge on any atom is -0.460 e. The Kier molecular flexibility index (Phi) is 13.5. The summed E-state index contributed by atoms with van der Waals surface area (Å²) in [5, 5.41) is 35.9. The van der Waals surface area contributed by atoms with Crippen molar-refractivity contribution in [3.05, 3.63) is 71.0 Å². The lowest BCUT2D eigenvalue weighted by Crippen LogP contribution is -2.55. The van der Waals surface area contributed by atoms with Gasteiger partial charge in [0.1, 0.15) is 23.4 Å². The van der Waals surface area contributed by atoms with Crippen molar-refractivity contribution in [1.29, 1.82) is 10.5 Å². The molecule has 3 aromatic rings. The smallest absolute Gasteiger partial charge is 0.243 e. The van der Waals surface area contributed by atoms with Crippen molar-refractivity contribution >= 4 is 28.7 Å². The maximum atomic E-state index is 13.5. The lowest BCUT2D eigenvalue weighted by Gasteiger charge is -2.23. The number of fused-ring (bicyclic) bond motifs is 1. The summed E-state index contributed by atoms with van der Waals surface area (Å²) in [7, 11) is 0. The summed E-state index contributed by atoms with van der Waals surface area (Å²) in [6.45, 7) is 1.07. The Bertz CT molecular complexity index is 1570. The quantitative estimate of drug-likeness (QED) is 0.155. The van der Waals surface area contributed by atoms with Crippen LogP contribution in [0.3, 0.4) is 0 Å². The summed E-state index contributed by atoms with van der Waals surface area (Å²) in [5.41, 5.74) is 2.76. The maximum absolute atomic E-state index is 13.5. The van der Waals surface area contributed by atoms with Gasteiger partial charge >= 0.3 is 0 Å². The summed E-state index contributed by atoms with van der Waals surface area (Å²) in [4.78, 5) is 38.6. The molecule has 0 bridgehead atoms. The second-order valence-electron chi connectivity index (χ2n) is 10.3. The van der Waals surface area contributed by atoms with Gasteiger partial charge in [-0.05, 0) is 42.2 Å². The third kappa shape index (κ3) is 10.6. The highest BCUT2D eigenvalue weighted by molar-refractivity contribution is 5.92. The van der Waals surface area contributed by atoms with E-state index in [-0.39, 0.29) is 31.9 Å². The van der Waals surface area contributed by atoms with Gasteiger partial charge in [-0.25, -0.2) is 0 Å². The van der Waals surface area contributed by atoms with Gasteiger partial charge in [0.05, 0.1) is 24.3 Å². The van der Waals surface area contributed by atoms with Gasteiger partial charge in [-0.3, -0.25) is 14.4 Å². The molecule has 2 atom stereocenters. The fraction of sp³-hybridized carbons (Fsp3) is 0.382. The molecule has 3 amide bonds. The summed E-state index contributed by atoms with van der Waals surface area (Å²) in [5.74, 6) is 5.56. The molecule has 44 heavy (non-hydrogen) atoms. The molecule has 0 aliphatic heterocycles. The molecule has 0 fully saturated rings. The van der Waals surface area contributed by atoms with Crippen LogP contribution in [0.1, 0.15) is 61.5 Å². The molecule has 0 saturated heterocycles. The zero-order valence-corrected chi connectivity index (χ0v) is 24.8. The van der Waals surface area contributed by atoms with E-state index in [4.69, 9.17) is 14.9 Å². The monoisotopic (exact) mass is 595 g/mol. The molecule has 3 rings (SSSR count). The molecule has 228 valence electrons. The Morgan fingerprint density at radius 2 is 1.59 bits per heavy atom. The molecule has 2 aromatic carbocycles. The summed E-state index contributed by atoms with van der Waals surface area (Å²) in [6.07, 6.45) is 3.55. The standard InChI is InChI=1S/C34H37N5O5/c1-24(41)38-31(21-25-11-5-4-6-12-25)34(43)39-30(33(42)37-17-18-40)22-26-19-27(13-7-2-3-9-15-35)32-28(20-26)23-29(44-32)14-8-10-16-36/h4-6,11-12,19-20,23,30-31,40H,2-3,8-10,14,17-18,21-22H2,1H3,(H,37,42)(H,38,41)(H,39,43)/t30-,31-/m0/s1. The first-order valence-electron chi connectivity index (χ1n) is 14.6. The predicted octanol–water partition coefficient (Wildman–Crippen LogP) is 3.21. The van der Waals surface area contributed by atoms with Crippen LogP contribution in [-0.4, -0.2) is 48.1 Å². The average Bonchev–Trinajstić information content (AvgIpc) is 3.42. The van der Waals surface area contributed by atoms with Gasteiger partial charge in [-0.15, -0.1) is 0 Å². The number of aryl methyl sites for hydroxylation is 1. The number of aliphatic hydroxyl groups excluding tert-OH is 1. The van der Waals surface area contributed by atoms with E-state index >= 15 is 0 Å². The lowest BCUT2D eigenvalue weighted by atomic mass is 9.99. The Labute approximate surface area is 257 Å². The van der Waals surface area contributed by atoms with Crippen molar-refractivity contribution in [3.63, 3.8) is 0 Å². The molecule has 10 nitrogen and oxygen atoms in total. The van der Waals surface area contributed by atoms with Crippen molar-refractivity contribution < 1.29 is 23.9 Å². The molecule has 1 heterocycles. The van der Waals surface area contributed by atoms with Crippen LogP contribution >= 0.6 is 0 Å². The molecule has 4 N–H and O–H groups in total. The first-order valence-corrected chi connectivity index (χ1v) is 14.6. The van der Waals surface area contributed by atoms with Crippen LogP contribution in [-0.2, 0) is 33.6 Å². The highest BCUT2D eigenvalue weighted by atomic mass is 16.3. The average molecular weight is 596 g/mol. The van der Waals surface area contributed by atoms with Crippen molar-refractivity contribution in [2.45, 2.75) is 70.4 Å². The predicted molar refractivity (Wildman–Crippen MR) is 165 cm³/mol. The van der Waals surface area contributed by atoms with E-state index in [2.05, 4.69) is 39.9 Å². The Morgan fingerprint density at radius 1 is 0.886 bits per heavy atom. The first kappa shape index (κ1) is 33.4. The van der Waals surface area contributed by atoms with Gasteiger partial charge in [0.15, 0.2) is 0 Å². The van der Waals surface area contributed by atoms with E-state index in [9.17, 15) is 19.5 Å². The highest BCUT2D eigenvalue weighted by Gasteiger charge is 2.27. The van der Waals surface area contributed by atoms with Crippen molar-refractivity contribution in [2.75, 3.05) is 13.2 Å². The van der Waals surface area contributed by atoms with Crippen molar-refractivity contribution in [1.82, 2.24) is 16.0 Å². The Morgan fingerprint density at radius 3 is 2.30 bits per heavy atom. The minimum atomic E-state index is -1.02. The minimum absolute atomic E-state index is 0.0105. The van der Waals surface area contributed by atoms with Crippen LogP contribution in [0, 0.1) is 34.5 Å². The van der Waals surface area contributed by atoms with E-state index in [0.29, 0.717) is 61.0 Å². The number of hydrogen-bond donors (Lipinski definition) is 4. The summed E-state index contributed by atoms with van der Waals surface area (Å²) in [6, 6.07) is 17.1. The Hall–Kier alpha value is -5.11. The third-order valence-electron chi connectivity index (χ3n) is 6.71. The second kappa shape index (κ2) is 17.8. The number of nitrogens with one attached hydrogen (secondary N) is 3. The van der Waals surface area contributed by atoms with E-state index in [0.717, 1.165) is 10.9 Å². The van der Waals surface area contributed by atoms with Crippen molar-refractivity contribution in [2.24, 2.45) is 0 Å². The zero-order valence-electron chi connectivity index (χ0n) is 24.8. The Balaban J connectivity index is 1.93. The molecule has 0 aliphatic rings. The molecule has 0 unspecified atom stereocenters. The van der Waals surface area contributed by atoms with Crippen LogP contribution in [0.4, 0.5) is 0 Å². The fourth-order valence-electron chi connectivity index (χ4n) is 4.68. The van der Waals surface area contributed by atoms with Crippen LogP contribution in [0.15, 0.2) is 52.9 Å². The lowest BCUT2D eigenvalue weighted by molar-refractivity contribution is -0.131. The largest absolute Gasteiger partial charge is 0.460 e. The zero-order chi connectivity index (χ0) is 31.7. The van der Waals surface area contributed by atoms with Crippen LogP contribution in [0.5, 0.6) is 0 Å². The molecule has 0 saturated carbocycles. The molecule has 1 aromatic heterocycles. The van der Waals surface area contributed by atoms with Crippen LogP contribution in [0.2, 0.25) is 0 Å². The molecule has 0 radical (unpaired) electrons. The molecule has 10 heteroatoms. The molecular weight excluding hydrogens is 558 g/mol. The second-order valence-corrected chi connectivity index (χ2v) is 10.3. The van der Waals surface area contributed by atoms with Gasteiger partial charge < -0.3 is 25.5 Å². The number of hydrogen-bond acceptors (Lipinski definition) is 7. The summed E-state index contributed by atoms with van der Waals surface area (Å²) >= 11 is 0. The number of carbonyl (C=O) groups excluding carboxylic acids is 3. The normalized spacial score (nSPS) is 11.7. The first-order chi connectivity index (χ1) is 21.3. The van der Waals surface area contributed by atoms with Crippen molar-refractivity contribution in [3.8, 4) is 24.0 Å². The van der Waals surface area contributed by atoms with Crippen LogP contribution in [0.25, 0.3) is 11.0 Å². The van der Waals surface area contributed by atoms with Gasteiger partial charge in [-0.2, -0.15) is 10.5 Å². The number of amides is 3. The number of nitriles is 2. The molecular formula is C34H37N5O5. The number of aliphatic hydroxyl groups is 1. The van der Waals surface area contributed by atoms with Gasteiger partial charge in [0, 0.05) is 57.4 Å². The van der Waals surface area contributed by atoms with Gasteiger partial charge in [0.25, 0.3) is 0 Å². The van der Waals surface area contributed by atoms with E-state index in [1.807, 2.05) is 48.5 Å². The number of benzene rings is 2. The fourth-order valence-corrected chi connectivity index (χ4v) is 4.68.